The summed E-state index contributed by atoms with van der Waals surface area (Å²) in [6.07, 6.45) is 0. The lowest BCUT2D eigenvalue weighted by atomic mass is 10.1. The number of aryl methyl sites for hydroxylation is 1. The van der Waals surface area contributed by atoms with E-state index in [0.29, 0.717) is 27.5 Å². The maximum absolute atomic E-state index is 12.4. The summed E-state index contributed by atoms with van der Waals surface area (Å²) in [5.41, 5.74) is 2.04. The highest BCUT2D eigenvalue weighted by Crippen LogP contribution is 2.33. The van der Waals surface area contributed by atoms with Crippen LogP contribution in [0.4, 0.5) is 0 Å². The highest BCUT2D eigenvalue weighted by atomic mass is 35.5. The van der Waals surface area contributed by atoms with E-state index in [2.05, 4.69) is 10.3 Å². The smallest absolute Gasteiger partial charge is 0.255 e. The number of halogens is 2. The molecule has 3 rings (SSSR count). The fourth-order valence-electron chi connectivity index (χ4n) is 2.38. The summed E-state index contributed by atoms with van der Waals surface area (Å²) in [7, 11) is 0. The van der Waals surface area contributed by atoms with E-state index in [-0.39, 0.29) is 18.7 Å². The molecule has 0 fully saturated rings. The molecule has 1 aromatic heterocycles. The van der Waals surface area contributed by atoms with Crippen LogP contribution >= 0.6 is 23.2 Å². The molecular formula is C19H18Cl2N2O2. The second-order valence-electron chi connectivity index (χ2n) is 5.41. The number of amides is 1. The molecule has 3 aromatic rings. The summed E-state index contributed by atoms with van der Waals surface area (Å²) in [5, 5.41) is 14.8. The van der Waals surface area contributed by atoms with Crippen LogP contribution < -0.4 is 5.32 Å². The van der Waals surface area contributed by atoms with Crippen molar-refractivity contribution in [2.45, 2.75) is 20.9 Å². The number of pyridine rings is 1. The number of nitrogens with one attached hydrogen (secondary N) is 1. The Labute approximate surface area is 156 Å². The number of hydrogen-bond donors (Lipinski definition) is 2. The molecule has 0 spiro atoms. The van der Waals surface area contributed by atoms with E-state index in [1.54, 1.807) is 31.2 Å². The lowest BCUT2D eigenvalue weighted by Crippen LogP contribution is -2.23. The third-order valence-electron chi connectivity index (χ3n) is 3.65. The van der Waals surface area contributed by atoms with Gasteiger partial charge in [-0.05, 0) is 42.8 Å². The van der Waals surface area contributed by atoms with E-state index < -0.39 is 5.91 Å². The summed E-state index contributed by atoms with van der Waals surface area (Å²) in [6, 6.07) is 12.2. The molecule has 25 heavy (non-hydrogen) atoms. The Morgan fingerprint density at radius 3 is 2.52 bits per heavy atom. The maximum atomic E-state index is 12.4. The van der Waals surface area contributed by atoms with Crippen LogP contribution in [0.5, 0.6) is 5.75 Å². The van der Waals surface area contributed by atoms with Crippen LogP contribution in [0.1, 0.15) is 29.0 Å². The first-order chi connectivity index (χ1) is 11.5. The van der Waals surface area contributed by atoms with Crippen LogP contribution in [0.3, 0.4) is 0 Å². The summed E-state index contributed by atoms with van der Waals surface area (Å²) in [5.74, 6) is -0.596. The summed E-state index contributed by atoms with van der Waals surface area (Å²) in [6.45, 7) is 2.12. The van der Waals surface area contributed by atoms with E-state index in [4.69, 9.17) is 23.2 Å². The van der Waals surface area contributed by atoms with Gasteiger partial charge in [-0.2, -0.15) is 0 Å². The number of phenols is 1. The van der Waals surface area contributed by atoms with Crippen molar-refractivity contribution in [1.82, 2.24) is 10.3 Å². The van der Waals surface area contributed by atoms with E-state index in [1.165, 1.54) is 6.07 Å². The van der Waals surface area contributed by atoms with Crippen LogP contribution in [0.25, 0.3) is 10.9 Å². The molecule has 0 radical (unpaired) electrons. The Bertz CT molecular complexity index is 925. The molecule has 1 amide bonds. The van der Waals surface area contributed by atoms with E-state index in [9.17, 15) is 9.90 Å². The van der Waals surface area contributed by atoms with Gasteiger partial charge in [0.05, 0.1) is 10.6 Å². The molecule has 0 atom stereocenters. The zero-order valence-electron chi connectivity index (χ0n) is 12.8. The number of rotatable bonds is 3. The van der Waals surface area contributed by atoms with Crippen LogP contribution in [-0.2, 0) is 6.54 Å². The van der Waals surface area contributed by atoms with Crippen molar-refractivity contribution >= 4 is 40.0 Å². The molecule has 0 saturated heterocycles. The molecule has 0 saturated carbocycles. The average molecular weight is 377 g/mol. The van der Waals surface area contributed by atoms with Gasteiger partial charge in [0.15, 0.2) is 5.75 Å². The van der Waals surface area contributed by atoms with Gasteiger partial charge in [-0.25, -0.2) is 4.98 Å². The van der Waals surface area contributed by atoms with Crippen molar-refractivity contribution in [3.63, 3.8) is 0 Å². The van der Waals surface area contributed by atoms with Crippen molar-refractivity contribution in [3.8, 4) is 5.75 Å². The molecule has 0 aliphatic rings. The molecular weight excluding hydrogens is 359 g/mol. The summed E-state index contributed by atoms with van der Waals surface area (Å²) < 4.78 is 0. The number of benzene rings is 2. The van der Waals surface area contributed by atoms with Gasteiger partial charge in [0.2, 0.25) is 0 Å². The summed E-state index contributed by atoms with van der Waals surface area (Å²) in [4.78, 5) is 16.7. The minimum absolute atomic E-state index is 0. The van der Waals surface area contributed by atoms with Crippen molar-refractivity contribution in [2.24, 2.45) is 0 Å². The van der Waals surface area contributed by atoms with Crippen LogP contribution in [0.15, 0.2) is 42.5 Å². The van der Waals surface area contributed by atoms with E-state index in [1.807, 2.05) is 12.1 Å². The Morgan fingerprint density at radius 2 is 1.84 bits per heavy atom. The fourth-order valence-corrected chi connectivity index (χ4v) is 2.77. The number of nitrogens with zero attached hydrogens (tertiary/aromatic N) is 1. The minimum atomic E-state index is -0.422. The molecule has 0 aliphatic heterocycles. The quantitative estimate of drug-likeness (QED) is 0.666. The van der Waals surface area contributed by atoms with Gasteiger partial charge in [0.25, 0.3) is 5.91 Å². The highest BCUT2D eigenvalue weighted by Gasteiger charge is 2.17. The Balaban J connectivity index is 0.00000225. The largest absolute Gasteiger partial charge is 0.505 e. The standard InChI is InChI=1S/C18H14Cl2N2O2.CH4/c1-10-2-7-13-15(20)8-14(17(23)16(13)22-10)18(24)21-9-11-3-5-12(19)6-4-11;/h2-8,23H,9H2,1H3,(H,21,24);1H4. The fraction of sp³-hybridized carbons (Fsp3) is 0.158. The number of fused-ring (bicyclic) bond motifs is 1. The van der Waals surface area contributed by atoms with Crippen molar-refractivity contribution < 1.29 is 9.90 Å². The number of carbonyl (C=O) groups excluding carboxylic acids is 1. The van der Waals surface area contributed by atoms with Crippen LogP contribution in [0.2, 0.25) is 10.0 Å². The lowest BCUT2D eigenvalue weighted by Gasteiger charge is -2.10. The van der Waals surface area contributed by atoms with Crippen molar-refractivity contribution in [2.75, 3.05) is 0 Å². The zero-order valence-corrected chi connectivity index (χ0v) is 14.3. The number of carbonyl (C=O) groups is 1. The molecule has 6 heteroatoms. The van der Waals surface area contributed by atoms with Gasteiger partial charge in [-0.1, -0.05) is 42.8 Å². The first-order valence-corrected chi connectivity index (χ1v) is 8.03. The van der Waals surface area contributed by atoms with Gasteiger partial charge in [0.1, 0.15) is 5.52 Å². The predicted molar refractivity (Wildman–Crippen MR) is 103 cm³/mol. The second kappa shape index (κ2) is 7.72. The number of aromatic hydroxyl groups is 1. The predicted octanol–water partition coefficient (Wildman–Crippen LogP) is 5.12. The third-order valence-corrected chi connectivity index (χ3v) is 4.22. The van der Waals surface area contributed by atoms with Crippen LogP contribution in [0, 0.1) is 6.92 Å². The monoisotopic (exact) mass is 376 g/mol. The minimum Gasteiger partial charge on any atom is -0.505 e. The zero-order chi connectivity index (χ0) is 17.3. The molecule has 0 bridgehead atoms. The number of aromatic nitrogens is 1. The van der Waals surface area contributed by atoms with Gasteiger partial charge in [-0.3, -0.25) is 4.79 Å². The maximum Gasteiger partial charge on any atom is 0.255 e. The van der Waals surface area contributed by atoms with Crippen molar-refractivity contribution in [1.29, 1.82) is 0 Å². The molecule has 130 valence electrons. The SMILES string of the molecule is C.Cc1ccc2c(Cl)cc(C(=O)NCc3ccc(Cl)cc3)c(O)c2n1. The number of phenolic OH excluding ortho intramolecular Hbond substituents is 1. The van der Waals surface area contributed by atoms with Gasteiger partial charge < -0.3 is 10.4 Å². The molecule has 2 N–H and O–H groups in total. The molecule has 0 unspecified atom stereocenters. The third kappa shape index (κ3) is 4.03. The van der Waals surface area contributed by atoms with Gasteiger partial charge in [-0.15, -0.1) is 0 Å². The first kappa shape index (κ1) is 19.0. The molecule has 4 nitrogen and oxygen atoms in total. The van der Waals surface area contributed by atoms with Crippen molar-refractivity contribution in [3.05, 3.63) is 69.3 Å². The normalized spacial score (nSPS) is 10.4. The average Bonchev–Trinajstić information content (AvgIpc) is 2.57. The topological polar surface area (TPSA) is 62.2 Å². The van der Waals surface area contributed by atoms with E-state index in [0.717, 1.165) is 11.3 Å². The first-order valence-electron chi connectivity index (χ1n) is 7.27. The summed E-state index contributed by atoms with van der Waals surface area (Å²) >= 11 is 12.1. The van der Waals surface area contributed by atoms with Gasteiger partial charge in [0, 0.05) is 22.6 Å². The molecule has 2 aromatic carbocycles. The Morgan fingerprint density at radius 1 is 1.16 bits per heavy atom. The van der Waals surface area contributed by atoms with Crippen LogP contribution in [-0.4, -0.2) is 16.0 Å². The van der Waals surface area contributed by atoms with E-state index >= 15 is 0 Å². The highest BCUT2D eigenvalue weighted by molar-refractivity contribution is 6.36. The Kier molecular flexibility index (Phi) is 5.88. The molecule has 0 aliphatic carbocycles. The lowest BCUT2D eigenvalue weighted by molar-refractivity contribution is 0.0948. The molecule has 1 heterocycles. The second-order valence-corrected chi connectivity index (χ2v) is 6.26. The Hall–Kier alpha value is -2.30. The number of hydrogen-bond acceptors (Lipinski definition) is 3. The van der Waals surface area contributed by atoms with Gasteiger partial charge >= 0.3 is 0 Å².